The zero-order valence-electron chi connectivity index (χ0n) is 13.6. The van der Waals surface area contributed by atoms with Crippen LogP contribution in [0.25, 0.3) is 0 Å². The topological polar surface area (TPSA) is 72.9 Å². The fourth-order valence-corrected chi connectivity index (χ4v) is 4.13. The minimum atomic E-state index is -0.705. The van der Waals surface area contributed by atoms with Gasteiger partial charge < -0.3 is 20.2 Å². The Kier molecular flexibility index (Phi) is 3.83. The van der Waals surface area contributed by atoms with Gasteiger partial charge in [0, 0.05) is 25.7 Å². The summed E-state index contributed by atoms with van der Waals surface area (Å²) < 4.78 is 0. The number of hydrogen-bond donors (Lipinski definition) is 2. The van der Waals surface area contributed by atoms with Gasteiger partial charge in [-0.25, -0.2) is 4.79 Å². The first kappa shape index (κ1) is 15.6. The maximum atomic E-state index is 12.4. The van der Waals surface area contributed by atoms with Gasteiger partial charge in [0.25, 0.3) is 0 Å². The molecule has 6 nitrogen and oxygen atoms in total. The van der Waals surface area contributed by atoms with Crippen molar-refractivity contribution in [3.8, 4) is 0 Å². The fraction of sp³-hybridized carbons (Fsp3) is 0.875. The molecule has 3 aliphatic rings. The first-order valence-electron chi connectivity index (χ1n) is 8.34. The normalized spacial score (nSPS) is 35.6. The number of carboxylic acids is 1. The summed E-state index contributed by atoms with van der Waals surface area (Å²) in [6, 6.07) is 0.250. The lowest BCUT2D eigenvalue weighted by Crippen LogP contribution is -2.51. The molecule has 0 aromatic heterocycles. The molecule has 0 radical (unpaired) electrons. The molecule has 3 rings (SSSR count). The lowest BCUT2D eigenvalue weighted by molar-refractivity contribution is -0.150. The van der Waals surface area contributed by atoms with Gasteiger partial charge in [0.15, 0.2) is 0 Å². The van der Waals surface area contributed by atoms with Gasteiger partial charge >= 0.3 is 12.0 Å². The predicted octanol–water partition coefficient (Wildman–Crippen LogP) is 1.51. The first-order valence-corrected chi connectivity index (χ1v) is 8.34. The molecule has 3 fully saturated rings. The lowest BCUT2D eigenvalue weighted by Gasteiger charge is -2.40. The Morgan fingerprint density at radius 1 is 1.23 bits per heavy atom. The van der Waals surface area contributed by atoms with Gasteiger partial charge in [0.1, 0.15) is 0 Å². The summed E-state index contributed by atoms with van der Waals surface area (Å²) in [6.07, 6.45) is 4.92. The Morgan fingerprint density at radius 3 is 2.36 bits per heavy atom. The van der Waals surface area contributed by atoms with Gasteiger partial charge in [-0.05, 0) is 52.5 Å². The summed E-state index contributed by atoms with van der Waals surface area (Å²) in [5.41, 5.74) is -0.672. The van der Waals surface area contributed by atoms with Crippen molar-refractivity contribution in [2.45, 2.75) is 57.0 Å². The van der Waals surface area contributed by atoms with Crippen molar-refractivity contribution < 1.29 is 14.7 Å². The fourth-order valence-electron chi connectivity index (χ4n) is 4.13. The molecule has 22 heavy (non-hydrogen) atoms. The van der Waals surface area contributed by atoms with Crippen LogP contribution >= 0.6 is 0 Å². The van der Waals surface area contributed by atoms with Crippen LogP contribution in [0.3, 0.4) is 0 Å². The van der Waals surface area contributed by atoms with E-state index in [0.717, 1.165) is 45.3 Å². The van der Waals surface area contributed by atoms with Gasteiger partial charge in [-0.3, -0.25) is 4.79 Å². The van der Waals surface area contributed by atoms with Crippen molar-refractivity contribution in [3.63, 3.8) is 0 Å². The highest BCUT2D eigenvalue weighted by Crippen LogP contribution is 2.39. The average molecular weight is 309 g/mol. The van der Waals surface area contributed by atoms with Gasteiger partial charge in [0.2, 0.25) is 0 Å². The third-order valence-electron chi connectivity index (χ3n) is 6.07. The Bertz CT molecular complexity index is 463. The average Bonchev–Trinajstić information content (AvgIpc) is 2.80. The minimum Gasteiger partial charge on any atom is -0.481 e. The monoisotopic (exact) mass is 309 g/mol. The molecule has 2 N–H and O–H groups in total. The zero-order valence-corrected chi connectivity index (χ0v) is 13.6. The number of nitrogens with one attached hydrogen (secondary N) is 1. The number of likely N-dealkylation sites (tertiary alicyclic amines) is 1. The van der Waals surface area contributed by atoms with Gasteiger partial charge in [0.05, 0.1) is 11.0 Å². The van der Waals surface area contributed by atoms with E-state index in [1.165, 1.54) is 0 Å². The Balaban J connectivity index is 1.62. The van der Waals surface area contributed by atoms with E-state index in [9.17, 15) is 14.7 Å². The molecule has 1 spiro atoms. The molecule has 0 unspecified atom stereocenters. The SMILES string of the molecule is CN1CCC2(CC1)CN(C1CCC(C)(C(=O)O)CC1)C(=O)N2. The van der Waals surface area contributed by atoms with E-state index in [0.29, 0.717) is 12.8 Å². The molecular weight excluding hydrogens is 282 g/mol. The summed E-state index contributed by atoms with van der Waals surface area (Å²) in [7, 11) is 2.12. The number of carbonyl (C=O) groups excluding carboxylic acids is 1. The van der Waals surface area contributed by atoms with Crippen molar-refractivity contribution in [1.29, 1.82) is 0 Å². The van der Waals surface area contributed by atoms with E-state index in [1.54, 1.807) is 0 Å². The standard InChI is InChI=1S/C16H27N3O3/c1-15(13(20)21)5-3-12(4-6-15)19-11-16(17-14(19)22)7-9-18(2)10-8-16/h12H,3-11H2,1-2H3,(H,17,22)(H,20,21). The molecule has 0 bridgehead atoms. The number of amides is 2. The Labute approximate surface area is 131 Å². The highest BCUT2D eigenvalue weighted by Gasteiger charge is 2.48. The minimum absolute atomic E-state index is 0.0495. The van der Waals surface area contributed by atoms with Crippen LogP contribution in [-0.4, -0.2) is 65.2 Å². The third-order valence-corrected chi connectivity index (χ3v) is 6.07. The molecule has 2 saturated heterocycles. The number of urea groups is 1. The summed E-state index contributed by atoms with van der Waals surface area (Å²) in [4.78, 5) is 28.0. The molecule has 2 heterocycles. The second-order valence-corrected chi connectivity index (χ2v) is 7.74. The van der Waals surface area contributed by atoms with E-state index >= 15 is 0 Å². The Hall–Kier alpha value is -1.30. The number of nitrogens with zero attached hydrogens (tertiary/aromatic N) is 2. The zero-order chi connectivity index (χ0) is 16.0. The van der Waals surface area contributed by atoms with Gasteiger partial charge in [-0.2, -0.15) is 0 Å². The van der Waals surface area contributed by atoms with Crippen molar-refractivity contribution >= 4 is 12.0 Å². The van der Waals surface area contributed by atoms with Gasteiger partial charge in [-0.1, -0.05) is 0 Å². The molecule has 2 aliphatic heterocycles. The van der Waals surface area contributed by atoms with Crippen LogP contribution in [0.1, 0.15) is 45.4 Å². The van der Waals surface area contributed by atoms with Crippen LogP contribution in [0.15, 0.2) is 0 Å². The van der Waals surface area contributed by atoms with Crippen LogP contribution in [0.5, 0.6) is 0 Å². The largest absolute Gasteiger partial charge is 0.481 e. The molecule has 1 saturated carbocycles. The Morgan fingerprint density at radius 2 is 1.82 bits per heavy atom. The molecule has 124 valence electrons. The van der Waals surface area contributed by atoms with Crippen molar-refractivity contribution in [2.75, 3.05) is 26.7 Å². The second-order valence-electron chi connectivity index (χ2n) is 7.74. The maximum Gasteiger partial charge on any atom is 0.318 e. The molecule has 0 atom stereocenters. The summed E-state index contributed by atoms with van der Waals surface area (Å²) in [6.45, 7) is 4.66. The van der Waals surface area contributed by atoms with Crippen LogP contribution in [0, 0.1) is 5.41 Å². The van der Waals surface area contributed by atoms with Crippen LogP contribution in [0.2, 0.25) is 0 Å². The number of hydrogen-bond acceptors (Lipinski definition) is 3. The smallest absolute Gasteiger partial charge is 0.318 e. The number of carboxylic acid groups (broad SMARTS) is 1. The second kappa shape index (κ2) is 5.41. The summed E-state index contributed by atoms with van der Waals surface area (Å²) in [5.74, 6) is -0.705. The number of aliphatic carboxylic acids is 1. The van der Waals surface area contributed by atoms with E-state index in [2.05, 4.69) is 17.3 Å². The number of rotatable bonds is 2. The summed E-state index contributed by atoms with van der Waals surface area (Å²) in [5, 5.41) is 12.6. The highest BCUT2D eigenvalue weighted by atomic mass is 16.4. The highest BCUT2D eigenvalue weighted by molar-refractivity contribution is 5.78. The molecule has 6 heteroatoms. The number of piperidine rings is 1. The molecular formula is C16H27N3O3. The molecule has 1 aliphatic carbocycles. The van der Waals surface area contributed by atoms with E-state index in [1.807, 2.05) is 11.8 Å². The van der Waals surface area contributed by atoms with E-state index < -0.39 is 11.4 Å². The van der Waals surface area contributed by atoms with Crippen molar-refractivity contribution in [2.24, 2.45) is 5.41 Å². The van der Waals surface area contributed by atoms with Crippen LogP contribution in [-0.2, 0) is 4.79 Å². The van der Waals surface area contributed by atoms with Crippen LogP contribution < -0.4 is 5.32 Å². The third kappa shape index (κ3) is 2.69. The van der Waals surface area contributed by atoms with Gasteiger partial charge in [-0.15, -0.1) is 0 Å². The lowest BCUT2D eigenvalue weighted by atomic mass is 9.73. The number of carbonyl (C=O) groups is 2. The molecule has 2 amide bonds. The van der Waals surface area contributed by atoms with E-state index in [-0.39, 0.29) is 17.6 Å². The van der Waals surface area contributed by atoms with E-state index in [4.69, 9.17) is 0 Å². The summed E-state index contributed by atoms with van der Waals surface area (Å²) >= 11 is 0. The quantitative estimate of drug-likeness (QED) is 0.811. The molecule has 0 aromatic carbocycles. The van der Waals surface area contributed by atoms with Crippen molar-refractivity contribution in [3.05, 3.63) is 0 Å². The first-order chi connectivity index (χ1) is 10.3. The van der Waals surface area contributed by atoms with Crippen LogP contribution in [0.4, 0.5) is 4.79 Å². The predicted molar refractivity (Wildman–Crippen MR) is 82.7 cm³/mol. The van der Waals surface area contributed by atoms with Crippen molar-refractivity contribution in [1.82, 2.24) is 15.1 Å². The maximum absolute atomic E-state index is 12.4. The molecule has 0 aromatic rings.